The smallest absolute Gasteiger partial charge is 0.270 e. The number of para-hydroxylation sites is 2. The predicted molar refractivity (Wildman–Crippen MR) is 94.9 cm³/mol. The monoisotopic (exact) mass is 342 g/mol. The number of nitro groups is 1. The van der Waals surface area contributed by atoms with E-state index in [1.54, 1.807) is 38.3 Å². The Labute approximate surface area is 144 Å². The summed E-state index contributed by atoms with van der Waals surface area (Å²) in [5.41, 5.74) is 4.11. The van der Waals surface area contributed by atoms with Gasteiger partial charge in [0, 0.05) is 17.7 Å². The number of anilines is 1. The molecule has 0 saturated carbocycles. The number of hydrazone groups is 1. The molecule has 0 aliphatic rings. The van der Waals surface area contributed by atoms with Gasteiger partial charge in [-0.3, -0.25) is 14.9 Å². The van der Waals surface area contributed by atoms with Crippen molar-refractivity contribution in [2.45, 2.75) is 6.92 Å². The Kier molecular flexibility index (Phi) is 6.05. The fourth-order valence-electron chi connectivity index (χ4n) is 2.06. The minimum atomic E-state index is -0.480. The van der Waals surface area contributed by atoms with Gasteiger partial charge in [-0.05, 0) is 19.1 Å². The van der Waals surface area contributed by atoms with Crippen molar-refractivity contribution in [1.82, 2.24) is 5.43 Å². The molecule has 130 valence electrons. The van der Waals surface area contributed by atoms with Gasteiger partial charge in [-0.1, -0.05) is 24.3 Å². The second-order valence-corrected chi connectivity index (χ2v) is 5.09. The lowest BCUT2D eigenvalue weighted by Crippen LogP contribution is -2.26. The predicted octanol–water partition coefficient (Wildman–Crippen LogP) is 2.56. The Morgan fingerprint density at radius 1 is 1.24 bits per heavy atom. The summed E-state index contributed by atoms with van der Waals surface area (Å²) < 4.78 is 5.19. The Hall–Kier alpha value is -3.42. The van der Waals surface area contributed by atoms with Gasteiger partial charge in [-0.25, -0.2) is 5.43 Å². The van der Waals surface area contributed by atoms with Crippen LogP contribution in [0.1, 0.15) is 12.5 Å². The second-order valence-electron chi connectivity index (χ2n) is 5.09. The minimum Gasteiger partial charge on any atom is -0.495 e. The number of benzene rings is 2. The summed E-state index contributed by atoms with van der Waals surface area (Å²) in [6, 6.07) is 13.3. The first-order chi connectivity index (χ1) is 12.0. The van der Waals surface area contributed by atoms with Gasteiger partial charge in [-0.15, -0.1) is 0 Å². The van der Waals surface area contributed by atoms with Gasteiger partial charge in [0.05, 0.1) is 30.0 Å². The van der Waals surface area contributed by atoms with Crippen molar-refractivity contribution in [2.75, 3.05) is 19.0 Å². The number of carbonyl (C=O) groups is 1. The van der Waals surface area contributed by atoms with E-state index in [9.17, 15) is 14.9 Å². The van der Waals surface area contributed by atoms with Crippen molar-refractivity contribution < 1.29 is 14.5 Å². The number of nitrogens with one attached hydrogen (secondary N) is 2. The fraction of sp³-hybridized carbons (Fsp3) is 0.176. The summed E-state index contributed by atoms with van der Waals surface area (Å²) in [6.45, 7) is 1.67. The lowest BCUT2D eigenvalue weighted by molar-refractivity contribution is -0.384. The number of hydrogen-bond acceptors (Lipinski definition) is 6. The molecule has 1 amide bonds. The summed E-state index contributed by atoms with van der Waals surface area (Å²) >= 11 is 0. The topological polar surface area (TPSA) is 106 Å². The van der Waals surface area contributed by atoms with Crippen molar-refractivity contribution in [3.63, 3.8) is 0 Å². The molecule has 8 heteroatoms. The van der Waals surface area contributed by atoms with Crippen LogP contribution in [0.5, 0.6) is 5.75 Å². The van der Waals surface area contributed by atoms with Crippen LogP contribution in [0.4, 0.5) is 11.4 Å². The fourth-order valence-corrected chi connectivity index (χ4v) is 2.06. The normalized spacial score (nSPS) is 10.9. The molecule has 2 N–H and O–H groups in total. The highest BCUT2D eigenvalue weighted by molar-refractivity contribution is 5.99. The van der Waals surface area contributed by atoms with Gasteiger partial charge < -0.3 is 10.1 Å². The largest absolute Gasteiger partial charge is 0.495 e. The van der Waals surface area contributed by atoms with Crippen molar-refractivity contribution in [1.29, 1.82) is 0 Å². The van der Waals surface area contributed by atoms with E-state index in [-0.39, 0.29) is 18.1 Å². The summed E-state index contributed by atoms with van der Waals surface area (Å²) in [5.74, 6) is 0.280. The van der Waals surface area contributed by atoms with E-state index < -0.39 is 4.92 Å². The molecule has 2 aromatic carbocycles. The van der Waals surface area contributed by atoms with E-state index in [1.165, 1.54) is 12.1 Å². The third-order valence-corrected chi connectivity index (χ3v) is 3.37. The lowest BCUT2D eigenvalue weighted by atomic mass is 10.1. The first-order valence-electron chi connectivity index (χ1n) is 7.46. The van der Waals surface area contributed by atoms with E-state index in [2.05, 4.69) is 15.8 Å². The molecule has 0 radical (unpaired) electrons. The molecule has 0 unspecified atom stereocenters. The van der Waals surface area contributed by atoms with Crippen LogP contribution >= 0.6 is 0 Å². The third-order valence-electron chi connectivity index (χ3n) is 3.37. The number of hydrogen-bond donors (Lipinski definition) is 2. The van der Waals surface area contributed by atoms with E-state index >= 15 is 0 Å². The van der Waals surface area contributed by atoms with Crippen LogP contribution in [0.25, 0.3) is 0 Å². The van der Waals surface area contributed by atoms with Crippen LogP contribution < -0.4 is 15.5 Å². The van der Waals surface area contributed by atoms with Crippen molar-refractivity contribution >= 4 is 23.0 Å². The van der Waals surface area contributed by atoms with E-state index in [0.29, 0.717) is 22.7 Å². The van der Waals surface area contributed by atoms with Gasteiger partial charge in [0.15, 0.2) is 0 Å². The average Bonchev–Trinajstić information content (AvgIpc) is 2.64. The maximum Gasteiger partial charge on any atom is 0.270 e. The number of carbonyl (C=O) groups excluding carboxylic acids is 1. The number of methoxy groups -OCH3 is 1. The Morgan fingerprint density at radius 2 is 2.00 bits per heavy atom. The van der Waals surface area contributed by atoms with E-state index in [4.69, 9.17) is 4.74 Å². The maximum absolute atomic E-state index is 11.9. The molecule has 0 fully saturated rings. The number of nitro benzene ring substituents is 1. The average molecular weight is 342 g/mol. The molecule has 0 heterocycles. The van der Waals surface area contributed by atoms with E-state index in [1.807, 2.05) is 12.1 Å². The SMILES string of the molecule is COc1ccccc1NCC(=O)N/N=C(/C)c1cccc([N+](=O)[O-])c1. The lowest BCUT2D eigenvalue weighted by Gasteiger charge is -2.10. The molecule has 0 saturated heterocycles. The van der Waals surface area contributed by atoms with Gasteiger partial charge in [-0.2, -0.15) is 5.10 Å². The van der Waals surface area contributed by atoms with Crippen molar-refractivity contribution in [3.05, 3.63) is 64.2 Å². The molecule has 2 aromatic rings. The molecule has 0 aliphatic carbocycles. The maximum atomic E-state index is 11.9. The third kappa shape index (κ3) is 5.03. The van der Waals surface area contributed by atoms with Gasteiger partial charge in [0.25, 0.3) is 11.6 Å². The minimum absolute atomic E-state index is 0.00604. The zero-order chi connectivity index (χ0) is 18.2. The first kappa shape index (κ1) is 17.9. The highest BCUT2D eigenvalue weighted by atomic mass is 16.6. The van der Waals surface area contributed by atoms with Crippen LogP contribution in [0.15, 0.2) is 53.6 Å². The highest BCUT2D eigenvalue weighted by Gasteiger charge is 2.08. The quantitative estimate of drug-likeness (QED) is 0.457. The van der Waals surface area contributed by atoms with Crippen molar-refractivity contribution in [3.8, 4) is 5.75 Å². The van der Waals surface area contributed by atoms with Crippen molar-refractivity contribution in [2.24, 2.45) is 5.10 Å². The molecular formula is C17H18N4O4. The first-order valence-corrected chi connectivity index (χ1v) is 7.46. The van der Waals surface area contributed by atoms with Crippen LogP contribution in [-0.4, -0.2) is 30.2 Å². The molecule has 0 aliphatic heterocycles. The van der Waals surface area contributed by atoms with Gasteiger partial charge in [0.2, 0.25) is 0 Å². The number of amides is 1. The van der Waals surface area contributed by atoms with Gasteiger partial charge >= 0.3 is 0 Å². The second kappa shape index (κ2) is 8.44. The van der Waals surface area contributed by atoms with Crippen LogP contribution in [0.2, 0.25) is 0 Å². The molecule has 0 spiro atoms. The van der Waals surface area contributed by atoms with Crippen LogP contribution in [0, 0.1) is 10.1 Å². The molecule has 0 aromatic heterocycles. The molecule has 25 heavy (non-hydrogen) atoms. The van der Waals surface area contributed by atoms with Crippen LogP contribution in [-0.2, 0) is 4.79 Å². The summed E-state index contributed by atoms with van der Waals surface area (Å²) in [5, 5.41) is 17.7. The van der Waals surface area contributed by atoms with Crippen LogP contribution in [0.3, 0.4) is 0 Å². The number of nitrogens with zero attached hydrogens (tertiary/aromatic N) is 2. The molecule has 0 atom stereocenters. The Morgan fingerprint density at radius 3 is 2.72 bits per heavy atom. The highest BCUT2D eigenvalue weighted by Crippen LogP contribution is 2.22. The zero-order valence-electron chi connectivity index (χ0n) is 13.9. The summed E-state index contributed by atoms with van der Waals surface area (Å²) in [7, 11) is 1.55. The number of rotatable bonds is 7. The molecule has 8 nitrogen and oxygen atoms in total. The Balaban J connectivity index is 1.95. The standard InChI is InChI=1S/C17H18N4O4/c1-12(13-6-5-7-14(10-13)21(23)24)19-20-17(22)11-18-15-8-3-4-9-16(15)25-2/h3-10,18H,11H2,1-2H3,(H,20,22)/b19-12-. The molecule has 2 rings (SSSR count). The molecule has 0 bridgehead atoms. The number of ether oxygens (including phenoxy) is 1. The molecular weight excluding hydrogens is 324 g/mol. The Bertz CT molecular complexity index is 805. The number of non-ortho nitro benzene ring substituents is 1. The van der Waals surface area contributed by atoms with Gasteiger partial charge in [0.1, 0.15) is 5.75 Å². The summed E-state index contributed by atoms with van der Waals surface area (Å²) in [4.78, 5) is 22.2. The zero-order valence-corrected chi connectivity index (χ0v) is 13.9. The summed E-state index contributed by atoms with van der Waals surface area (Å²) in [6.07, 6.45) is 0. The van der Waals surface area contributed by atoms with E-state index in [0.717, 1.165) is 0 Å².